The first-order valence-electron chi connectivity index (χ1n) is 4.50. The number of rotatable bonds is 3. The van der Waals surface area contributed by atoms with E-state index in [1.165, 1.54) is 0 Å². The molecule has 0 aromatic heterocycles. The van der Waals surface area contributed by atoms with Gasteiger partial charge in [-0.1, -0.05) is 0 Å². The second-order valence-corrected chi connectivity index (χ2v) is 3.13. The van der Waals surface area contributed by atoms with Gasteiger partial charge in [0.2, 0.25) is 0 Å². The minimum absolute atomic E-state index is 0.449. The monoisotopic (exact) mass is 270 g/mol. The number of esters is 1. The number of ether oxygens (including phenoxy) is 2. The van der Waals surface area contributed by atoms with Gasteiger partial charge in [0.25, 0.3) is 6.43 Å². The van der Waals surface area contributed by atoms with E-state index in [0.29, 0.717) is 12.1 Å². The summed E-state index contributed by atoms with van der Waals surface area (Å²) >= 11 is 0. The molecular weight excluding hydrogens is 263 g/mol. The van der Waals surface area contributed by atoms with Crippen molar-refractivity contribution in [3.05, 3.63) is 29.3 Å². The van der Waals surface area contributed by atoms with E-state index in [0.717, 1.165) is 13.2 Å². The van der Waals surface area contributed by atoms with E-state index in [9.17, 15) is 26.7 Å². The highest BCUT2D eigenvalue weighted by Gasteiger charge is 2.32. The lowest BCUT2D eigenvalue weighted by molar-refractivity contribution is -0.274. The van der Waals surface area contributed by atoms with Crippen LogP contribution in [0.5, 0.6) is 5.75 Å². The van der Waals surface area contributed by atoms with Crippen molar-refractivity contribution >= 4 is 5.97 Å². The third-order valence-electron chi connectivity index (χ3n) is 1.84. The predicted molar refractivity (Wildman–Crippen MR) is 49.4 cm³/mol. The lowest BCUT2D eigenvalue weighted by atomic mass is 10.1. The Hall–Kier alpha value is -1.86. The summed E-state index contributed by atoms with van der Waals surface area (Å²) in [4.78, 5) is 11.1. The van der Waals surface area contributed by atoms with Gasteiger partial charge in [0.15, 0.2) is 0 Å². The van der Waals surface area contributed by atoms with Crippen LogP contribution in [0, 0.1) is 0 Å². The Morgan fingerprint density at radius 2 is 1.83 bits per heavy atom. The largest absolute Gasteiger partial charge is 0.573 e. The van der Waals surface area contributed by atoms with Crippen molar-refractivity contribution in [1.29, 1.82) is 0 Å². The molecule has 3 nitrogen and oxygen atoms in total. The first-order valence-corrected chi connectivity index (χ1v) is 4.50. The minimum Gasteiger partial charge on any atom is -0.465 e. The van der Waals surface area contributed by atoms with Crippen molar-refractivity contribution in [3.8, 4) is 5.75 Å². The van der Waals surface area contributed by atoms with E-state index >= 15 is 0 Å². The molecule has 0 fully saturated rings. The zero-order chi connectivity index (χ0) is 13.9. The molecule has 8 heteroatoms. The molecule has 0 bridgehead atoms. The van der Waals surface area contributed by atoms with Gasteiger partial charge in [-0.25, -0.2) is 13.6 Å². The first kappa shape index (κ1) is 14.2. The quantitative estimate of drug-likeness (QED) is 0.624. The topological polar surface area (TPSA) is 35.5 Å². The van der Waals surface area contributed by atoms with Crippen molar-refractivity contribution in [2.45, 2.75) is 12.8 Å². The second kappa shape index (κ2) is 5.19. The third-order valence-corrected chi connectivity index (χ3v) is 1.84. The normalized spacial score (nSPS) is 11.5. The smallest absolute Gasteiger partial charge is 0.465 e. The summed E-state index contributed by atoms with van der Waals surface area (Å²) in [6.45, 7) is 0. The number of hydrogen-bond donors (Lipinski definition) is 0. The average molecular weight is 270 g/mol. The number of carbonyl (C=O) groups is 1. The van der Waals surface area contributed by atoms with Crippen molar-refractivity contribution in [1.82, 2.24) is 0 Å². The Balaban J connectivity index is 3.18. The number of benzene rings is 1. The van der Waals surface area contributed by atoms with Crippen LogP contribution in [0.2, 0.25) is 0 Å². The van der Waals surface area contributed by atoms with E-state index in [2.05, 4.69) is 9.47 Å². The molecule has 100 valence electrons. The molecule has 0 unspecified atom stereocenters. The summed E-state index contributed by atoms with van der Waals surface area (Å²) in [5, 5.41) is 0. The standard InChI is InChI=1S/C10H7F5O3/c1-17-9(16)6-2-5(8(11)12)3-7(4-6)18-10(13,14)15/h2-4,8H,1H3. The van der Waals surface area contributed by atoms with Crippen LogP contribution in [0.25, 0.3) is 0 Å². The maximum Gasteiger partial charge on any atom is 0.573 e. The summed E-state index contributed by atoms with van der Waals surface area (Å²) in [5.74, 6) is -1.94. The zero-order valence-corrected chi connectivity index (χ0v) is 8.92. The van der Waals surface area contributed by atoms with Crippen LogP contribution >= 0.6 is 0 Å². The predicted octanol–water partition coefficient (Wildman–Crippen LogP) is 3.31. The van der Waals surface area contributed by atoms with Gasteiger partial charge in [-0.05, 0) is 18.2 Å². The van der Waals surface area contributed by atoms with Crippen molar-refractivity contribution in [2.24, 2.45) is 0 Å². The first-order chi connectivity index (χ1) is 8.23. The minimum atomic E-state index is -5.03. The molecule has 0 atom stereocenters. The highest BCUT2D eigenvalue weighted by molar-refractivity contribution is 5.90. The molecule has 0 aliphatic rings. The molecule has 0 saturated carbocycles. The molecule has 0 N–H and O–H groups in total. The molecule has 1 rings (SSSR count). The molecule has 0 amide bonds. The van der Waals surface area contributed by atoms with Gasteiger partial charge < -0.3 is 9.47 Å². The number of alkyl halides is 5. The molecular formula is C10H7F5O3. The fourth-order valence-electron chi connectivity index (χ4n) is 1.18. The van der Waals surface area contributed by atoms with Crippen LogP contribution in [0.3, 0.4) is 0 Å². The summed E-state index contributed by atoms with van der Waals surface area (Å²) in [7, 11) is 0.974. The average Bonchev–Trinajstić information content (AvgIpc) is 2.25. The maximum absolute atomic E-state index is 12.4. The summed E-state index contributed by atoms with van der Waals surface area (Å²) < 4.78 is 68.5. The van der Waals surface area contributed by atoms with Crippen LogP contribution < -0.4 is 4.74 Å². The van der Waals surface area contributed by atoms with Gasteiger partial charge in [0.05, 0.1) is 12.7 Å². The number of hydrogen-bond acceptors (Lipinski definition) is 3. The second-order valence-electron chi connectivity index (χ2n) is 3.13. The molecule has 1 aromatic rings. The number of carbonyl (C=O) groups excluding carboxylic acids is 1. The summed E-state index contributed by atoms with van der Waals surface area (Å²) in [6.07, 6.45) is -8.07. The van der Waals surface area contributed by atoms with Gasteiger partial charge in [0.1, 0.15) is 5.75 Å². The van der Waals surface area contributed by atoms with Gasteiger partial charge in [0, 0.05) is 5.56 Å². The van der Waals surface area contributed by atoms with Gasteiger partial charge in [-0.3, -0.25) is 0 Å². The highest BCUT2D eigenvalue weighted by atomic mass is 19.4. The highest BCUT2D eigenvalue weighted by Crippen LogP contribution is 2.29. The molecule has 0 saturated heterocycles. The van der Waals surface area contributed by atoms with E-state index in [-0.39, 0.29) is 0 Å². The van der Waals surface area contributed by atoms with Crippen molar-refractivity contribution in [2.75, 3.05) is 7.11 Å². The molecule has 0 spiro atoms. The number of methoxy groups -OCH3 is 1. The van der Waals surface area contributed by atoms with E-state index < -0.39 is 35.6 Å². The zero-order valence-electron chi connectivity index (χ0n) is 8.92. The molecule has 0 aliphatic heterocycles. The van der Waals surface area contributed by atoms with Crippen LogP contribution in [0.4, 0.5) is 22.0 Å². The van der Waals surface area contributed by atoms with Crippen LogP contribution in [-0.2, 0) is 4.74 Å². The molecule has 0 radical (unpaired) electrons. The Morgan fingerprint density at radius 1 is 1.22 bits per heavy atom. The maximum atomic E-state index is 12.4. The van der Waals surface area contributed by atoms with Crippen LogP contribution in [-0.4, -0.2) is 19.4 Å². The SMILES string of the molecule is COC(=O)c1cc(OC(F)(F)F)cc(C(F)F)c1. The lowest BCUT2D eigenvalue weighted by Crippen LogP contribution is -2.17. The third kappa shape index (κ3) is 3.86. The Kier molecular flexibility index (Phi) is 4.10. The van der Waals surface area contributed by atoms with Crippen molar-refractivity contribution in [3.63, 3.8) is 0 Å². The fourth-order valence-corrected chi connectivity index (χ4v) is 1.18. The lowest BCUT2D eigenvalue weighted by Gasteiger charge is -2.11. The molecule has 0 aliphatic carbocycles. The van der Waals surface area contributed by atoms with Gasteiger partial charge in [-0.15, -0.1) is 13.2 Å². The fraction of sp³-hybridized carbons (Fsp3) is 0.300. The van der Waals surface area contributed by atoms with E-state index in [4.69, 9.17) is 0 Å². The van der Waals surface area contributed by atoms with E-state index in [1.54, 1.807) is 0 Å². The molecule has 0 heterocycles. The van der Waals surface area contributed by atoms with Crippen LogP contribution in [0.15, 0.2) is 18.2 Å². The Morgan fingerprint density at radius 3 is 2.28 bits per heavy atom. The Labute approximate surface area is 98.1 Å². The van der Waals surface area contributed by atoms with Crippen LogP contribution in [0.1, 0.15) is 22.3 Å². The summed E-state index contributed by atoms with van der Waals surface area (Å²) in [6, 6.07) is 1.91. The van der Waals surface area contributed by atoms with Gasteiger partial charge >= 0.3 is 12.3 Å². The summed E-state index contributed by atoms with van der Waals surface area (Å²) in [5.41, 5.74) is -1.22. The van der Waals surface area contributed by atoms with E-state index in [1.807, 2.05) is 0 Å². The Bertz CT molecular complexity index is 442. The molecule has 18 heavy (non-hydrogen) atoms. The number of halogens is 5. The van der Waals surface area contributed by atoms with Gasteiger partial charge in [-0.2, -0.15) is 0 Å². The van der Waals surface area contributed by atoms with Crippen molar-refractivity contribution < 1.29 is 36.2 Å². The molecule has 1 aromatic carbocycles.